The fourth-order valence-corrected chi connectivity index (χ4v) is 4.39. The number of thiophene rings is 1. The summed E-state index contributed by atoms with van der Waals surface area (Å²) in [6, 6.07) is 4.03. The zero-order valence-electron chi connectivity index (χ0n) is 14.9. The molecule has 0 aliphatic carbocycles. The van der Waals surface area contributed by atoms with E-state index in [-0.39, 0.29) is 11.8 Å². The van der Waals surface area contributed by atoms with Gasteiger partial charge in [-0.15, -0.1) is 11.3 Å². The van der Waals surface area contributed by atoms with Crippen molar-refractivity contribution in [3.8, 4) is 0 Å². The van der Waals surface area contributed by atoms with E-state index < -0.39 is 0 Å². The third-order valence-corrected chi connectivity index (χ3v) is 6.14. The topological polar surface area (TPSA) is 52.7 Å². The number of carbonyl (C=O) groups is 2. The van der Waals surface area contributed by atoms with E-state index in [2.05, 4.69) is 15.1 Å². The van der Waals surface area contributed by atoms with Gasteiger partial charge in [-0.3, -0.25) is 14.5 Å². The van der Waals surface area contributed by atoms with Gasteiger partial charge in [0.1, 0.15) is 0 Å². The van der Waals surface area contributed by atoms with Crippen molar-refractivity contribution in [3.05, 3.63) is 22.4 Å². The van der Waals surface area contributed by atoms with Crippen molar-refractivity contribution >= 4 is 23.2 Å². The second kappa shape index (κ2) is 9.34. The molecule has 2 fully saturated rings. The molecule has 3 rings (SSSR count). The molecule has 2 aliphatic rings. The summed E-state index contributed by atoms with van der Waals surface area (Å²) in [5, 5.41) is 5.00. The molecule has 0 bridgehead atoms. The first kappa shape index (κ1) is 18.4. The number of hydrogen-bond acceptors (Lipinski definition) is 4. The van der Waals surface area contributed by atoms with Gasteiger partial charge in [-0.25, -0.2) is 0 Å². The van der Waals surface area contributed by atoms with Gasteiger partial charge in [-0.1, -0.05) is 18.9 Å². The fraction of sp³-hybridized carbons (Fsp3) is 0.684. The number of nitrogens with zero attached hydrogens (tertiary/aromatic N) is 2. The molecule has 25 heavy (non-hydrogen) atoms. The molecule has 0 aromatic carbocycles. The number of nitrogens with one attached hydrogen (secondary N) is 1. The highest BCUT2D eigenvalue weighted by Crippen LogP contribution is 2.21. The van der Waals surface area contributed by atoms with Crippen LogP contribution < -0.4 is 5.32 Å². The van der Waals surface area contributed by atoms with Crippen molar-refractivity contribution in [3.63, 3.8) is 0 Å². The highest BCUT2D eigenvalue weighted by Gasteiger charge is 2.29. The minimum atomic E-state index is 0.0747. The summed E-state index contributed by atoms with van der Waals surface area (Å²) in [6.07, 6.45) is 6.57. The lowest BCUT2D eigenvalue weighted by Crippen LogP contribution is -2.45. The Hall–Kier alpha value is -1.40. The minimum absolute atomic E-state index is 0.0747. The van der Waals surface area contributed by atoms with Crippen LogP contribution in [0, 0.1) is 5.92 Å². The van der Waals surface area contributed by atoms with Gasteiger partial charge in [0.05, 0.1) is 13.1 Å². The molecule has 0 saturated carbocycles. The summed E-state index contributed by atoms with van der Waals surface area (Å²) in [6.45, 7) is 4.61. The molecule has 2 aliphatic heterocycles. The maximum absolute atomic E-state index is 12.7. The van der Waals surface area contributed by atoms with Crippen LogP contribution in [-0.2, 0) is 16.1 Å². The third kappa shape index (κ3) is 5.54. The average molecular weight is 364 g/mol. The molecule has 138 valence electrons. The third-order valence-electron chi connectivity index (χ3n) is 5.26. The molecule has 0 unspecified atom stereocenters. The van der Waals surface area contributed by atoms with Crippen LogP contribution in [0.15, 0.2) is 17.5 Å². The quantitative estimate of drug-likeness (QED) is 0.874. The number of carbonyl (C=O) groups excluding carboxylic acids is 2. The first-order valence-corrected chi connectivity index (χ1v) is 10.4. The van der Waals surface area contributed by atoms with Gasteiger partial charge in [-0.05, 0) is 50.2 Å². The zero-order chi connectivity index (χ0) is 17.5. The molecule has 1 aromatic rings. The Morgan fingerprint density at radius 1 is 1.08 bits per heavy atom. The van der Waals surface area contributed by atoms with Gasteiger partial charge in [0.25, 0.3) is 0 Å². The number of piperidine rings is 1. The van der Waals surface area contributed by atoms with E-state index >= 15 is 0 Å². The Morgan fingerprint density at radius 2 is 1.80 bits per heavy atom. The smallest absolute Gasteiger partial charge is 0.234 e. The molecule has 0 spiro atoms. The van der Waals surface area contributed by atoms with Crippen molar-refractivity contribution in [2.45, 2.75) is 45.1 Å². The molecular weight excluding hydrogens is 334 g/mol. The molecule has 1 N–H and O–H groups in total. The first-order valence-electron chi connectivity index (χ1n) is 9.52. The molecule has 5 nitrogen and oxygen atoms in total. The molecule has 0 radical (unpaired) electrons. The van der Waals surface area contributed by atoms with Gasteiger partial charge in [0, 0.05) is 23.9 Å². The standard InChI is InChI=1S/C19H29N3O2S/c23-18(20-14-17-6-5-13-25-17)15-21-11-7-16(8-12-21)19(24)22-9-3-1-2-4-10-22/h5-6,13,16H,1-4,7-12,14-15H2,(H,20,23). The van der Waals surface area contributed by atoms with Gasteiger partial charge < -0.3 is 10.2 Å². The van der Waals surface area contributed by atoms with E-state index in [9.17, 15) is 9.59 Å². The highest BCUT2D eigenvalue weighted by atomic mass is 32.1. The van der Waals surface area contributed by atoms with E-state index in [1.54, 1.807) is 11.3 Å². The Morgan fingerprint density at radius 3 is 2.44 bits per heavy atom. The lowest BCUT2D eigenvalue weighted by Gasteiger charge is -2.33. The lowest BCUT2D eigenvalue weighted by molar-refractivity contribution is -0.137. The van der Waals surface area contributed by atoms with Crippen LogP contribution in [0.2, 0.25) is 0 Å². The number of likely N-dealkylation sites (tertiary alicyclic amines) is 2. The SMILES string of the molecule is O=C(CN1CCC(C(=O)N2CCCCCC2)CC1)NCc1cccs1. The Kier molecular flexibility index (Phi) is 6.87. The molecule has 2 saturated heterocycles. The average Bonchev–Trinajstić information content (AvgIpc) is 3.00. The van der Waals surface area contributed by atoms with E-state index in [4.69, 9.17) is 0 Å². The number of hydrogen-bond donors (Lipinski definition) is 1. The maximum Gasteiger partial charge on any atom is 0.234 e. The zero-order valence-corrected chi connectivity index (χ0v) is 15.7. The summed E-state index contributed by atoms with van der Waals surface area (Å²) >= 11 is 1.66. The molecular formula is C19H29N3O2S. The van der Waals surface area contributed by atoms with Crippen molar-refractivity contribution < 1.29 is 9.59 Å². The van der Waals surface area contributed by atoms with Gasteiger partial charge in [0.2, 0.25) is 11.8 Å². The van der Waals surface area contributed by atoms with Gasteiger partial charge in [-0.2, -0.15) is 0 Å². The van der Waals surface area contributed by atoms with Crippen LogP contribution in [0.5, 0.6) is 0 Å². The monoisotopic (exact) mass is 363 g/mol. The summed E-state index contributed by atoms with van der Waals surface area (Å²) in [5.41, 5.74) is 0. The predicted octanol–water partition coefficient (Wildman–Crippen LogP) is 2.48. The van der Waals surface area contributed by atoms with Crippen LogP contribution in [-0.4, -0.2) is 54.3 Å². The first-order chi connectivity index (χ1) is 12.2. The van der Waals surface area contributed by atoms with Gasteiger partial charge in [0.15, 0.2) is 0 Å². The van der Waals surface area contributed by atoms with E-state index in [1.807, 2.05) is 17.5 Å². The normalized spacial score (nSPS) is 20.2. The molecule has 2 amide bonds. The highest BCUT2D eigenvalue weighted by molar-refractivity contribution is 7.09. The second-order valence-electron chi connectivity index (χ2n) is 7.15. The van der Waals surface area contributed by atoms with E-state index in [0.717, 1.165) is 51.9 Å². The maximum atomic E-state index is 12.7. The number of rotatable bonds is 5. The van der Waals surface area contributed by atoms with Crippen LogP contribution in [0.1, 0.15) is 43.4 Å². The summed E-state index contributed by atoms with van der Waals surface area (Å²) < 4.78 is 0. The van der Waals surface area contributed by atoms with Crippen molar-refractivity contribution in [1.82, 2.24) is 15.1 Å². The molecule has 6 heteroatoms. The van der Waals surface area contributed by atoms with Crippen LogP contribution in [0.25, 0.3) is 0 Å². The molecule has 3 heterocycles. The fourth-order valence-electron chi connectivity index (χ4n) is 3.75. The predicted molar refractivity (Wildman–Crippen MR) is 100 cm³/mol. The summed E-state index contributed by atoms with van der Waals surface area (Å²) in [7, 11) is 0. The summed E-state index contributed by atoms with van der Waals surface area (Å²) in [4.78, 5) is 30.2. The van der Waals surface area contributed by atoms with E-state index in [1.165, 1.54) is 17.7 Å². The van der Waals surface area contributed by atoms with Crippen molar-refractivity contribution in [1.29, 1.82) is 0 Å². The summed E-state index contributed by atoms with van der Waals surface area (Å²) in [5.74, 6) is 0.581. The Bertz CT molecular complexity index is 545. The Balaban J connectivity index is 1.37. The second-order valence-corrected chi connectivity index (χ2v) is 8.18. The van der Waals surface area contributed by atoms with Crippen LogP contribution in [0.3, 0.4) is 0 Å². The van der Waals surface area contributed by atoms with Crippen molar-refractivity contribution in [2.24, 2.45) is 5.92 Å². The minimum Gasteiger partial charge on any atom is -0.350 e. The number of amides is 2. The lowest BCUT2D eigenvalue weighted by atomic mass is 9.95. The van der Waals surface area contributed by atoms with Crippen LogP contribution >= 0.6 is 11.3 Å². The Labute approximate surface area is 154 Å². The van der Waals surface area contributed by atoms with E-state index in [0.29, 0.717) is 19.0 Å². The molecule has 0 atom stereocenters. The van der Waals surface area contributed by atoms with Crippen molar-refractivity contribution in [2.75, 3.05) is 32.7 Å². The van der Waals surface area contributed by atoms with Gasteiger partial charge >= 0.3 is 0 Å². The molecule has 1 aromatic heterocycles. The largest absolute Gasteiger partial charge is 0.350 e. The van der Waals surface area contributed by atoms with Crippen LogP contribution in [0.4, 0.5) is 0 Å².